The van der Waals surface area contributed by atoms with E-state index in [2.05, 4.69) is 16.0 Å². The van der Waals surface area contributed by atoms with Gasteiger partial charge in [-0.1, -0.05) is 42.5 Å². The molecule has 3 aromatic carbocycles. The van der Waals surface area contributed by atoms with E-state index in [9.17, 15) is 51.3 Å². The number of cyclic esters (lactones) is 1. The van der Waals surface area contributed by atoms with Gasteiger partial charge in [0.25, 0.3) is 11.8 Å². The van der Waals surface area contributed by atoms with E-state index in [4.69, 9.17) is 4.74 Å². The number of aliphatic hydroxyl groups is 1. The van der Waals surface area contributed by atoms with Crippen molar-refractivity contribution in [1.29, 1.82) is 0 Å². The van der Waals surface area contributed by atoms with Gasteiger partial charge < -0.3 is 30.9 Å². The topological polar surface area (TPSA) is 154 Å². The molecule has 1 heterocycles. The molecule has 250 valence electrons. The molecule has 1 fully saturated rings. The van der Waals surface area contributed by atoms with E-state index in [1.54, 1.807) is 30.3 Å². The molecule has 10 nitrogen and oxygen atoms in total. The highest BCUT2D eigenvalue weighted by atomic mass is 19.2. The van der Waals surface area contributed by atoms with E-state index in [-0.39, 0.29) is 12.0 Å². The predicted molar refractivity (Wildman–Crippen MR) is 154 cm³/mol. The minimum absolute atomic E-state index is 0.164. The number of phenolic OH excluding ortho intramolecular Hbond substituents is 1. The van der Waals surface area contributed by atoms with Gasteiger partial charge in [0.15, 0.2) is 29.4 Å². The quantitative estimate of drug-likeness (QED) is 0.118. The molecule has 3 aromatic rings. The SMILES string of the molecule is C[C@H]1NC(=O)C(Cc2ccccc2)OC(=O)[C@H](C)[C@H](O)[C@H](Cc2c(F)c(F)c(F)c(F)c2F)NC(=O)[C@H]1NC(=O)c1ccccc1O. The number of esters is 1. The molecule has 0 saturated carbocycles. The number of halogens is 5. The lowest BCUT2D eigenvalue weighted by Gasteiger charge is -2.33. The summed E-state index contributed by atoms with van der Waals surface area (Å²) in [5.41, 5.74) is -1.11. The average Bonchev–Trinajstić information content (AvgIpc) is 3.05. The van der Waals surface area contributed by atoms with Crippen LogP contribution in [0.4, 0.5) is 22.0 Å². The smallest absolute Gasteiger partial charge is 0.312 e. The molecule has 3 amide bonds. The van der Waals surface area contributed by atoms with Crippen molar-refractivity contribution in [3.8, 4) is 5.75 Å². The monoisotopic (exact) mass is 663 g/mol. The van der Waals surface area contributed by atoms with Crippen LogP contribution < -0.4 is 16.0 Å². The largest absolute Gasteiger partial charge is 0.507 e. The Balaban J connectivity index is 1.77. The number of amides is 3. The van der Waals surface area contributed by atoms with Gasteiger partial charge in [0.2, 0.25) is 11.7 Å². The Morgan fingerprint density at radius 1 is 0.809 bits per heavy atom. The van der Waals surface area contributed by atoms with Crippen molar-refractivity contribution >= 4 is 23.7 Å². The number of carbonyl (C=O) groups is 4. The number of para-hydroxylation sites is 1. The number of nitrogens with one attached hydrogen (secondary N) is 3. The number of aromatic hydroxyl groups is 1. The molecule has 1 saturated heterocycles. The van der Waals surface area contributed by atoms with Crippen LogP contribution in [0.2, 0.25) is 0 Å². The fraction of sp³-hybridized carbons (Fsp3) is 0.312. The first-order valence-corrected chi connectivity index (χ1v) is 14.3. The first-order valence-electron chi connectivity index (χ1n) is 14.3. The van der Waals surface area contributed by atoms with Crippen molar-refractivity contribution in [2.45, 2.75) is 57.0 Å². The first-order chi connectivity index (χ1) is 22.2. The van der Waals surface area contributed by atoms with Gasteiger partial charge in [-0.05, 0) is 31.5 Å². The van der Waals surface area contributed by atoms with E-state index >= 15 is 0 Å². The Morgan fingerprint density at radius 2 is 1.38 bits per heavy atom. The maximum Gasteiger partial charge on any atom is 0.312 e. The summed E-state index contributed by atoms with van der Waals surface area (Å²) in [6.07, 6.45) is -4.98. The number of aliphatic hydroxyl groups excluding tert-OH is 1. The molecule has 47 heavy (non-hydrogen) atoms. The molecule has 0 aliphatic carbocycles. The first kappa shape index (κ1) is 34.8. The standard InChI is InChI=1S/C32H30F5N3O7/c1-14-28(42)19(13-18-22(33)24(35)26(37)25(36)23(18)34)39-31(45)27(40-29(43)17-10-6-7-11-20(17)41)15(2)38-30(44)21(47-32(14)46)12-16-8-4-3-5-9-16/h3-11,14-15,19,21,27-28,41-42H,12-13H2,1-2H3,(H,38,44)(H,39,45)(H,40,43)/t14-,15-,19+,21?,27+,28+/m1/s1. The molecule has 1 aliphatic rings. The second kappa shape index (κ2) is 14.6. The molecular weight excluding hydrogens is 633 g/mol. The zero-order chi connectivity index (χ0) is 34.6. The van der Waals surface area contributed by atoms with Crippen LogP contribution in [0, 0.1) is 35.0 Å². The van der Waals surface area contributed by atoms with Gasteiger partial charge in [0, 0.05) is 18.4 Å². The van der Waals surface area contributed by atoms with Gasteiger partial charge in [-0.15, -0.1) is 0 Å². The third kappa shape index (κ3) is 7.68. The van der Waals surface area contributed by atoms with Gasteiger partial charge in [0.1, 0.15) is 11.8 Å². The number of benzene rings is 3. The van der Waals surface area contributed by atoms with Crippen molar-refractivity contribution in [3.63, 3.8) is 0 Å². The lowest BCUT2D eigenvalue weighted by molar-refractivity contribution is -0.164. The van der Waals surface area contributed by atoms with Crippen LogP contribution in [0.15, 0.2) is 54.6 Å². The number of ether oxygens (including phenoxy) is 1. The third-order valence-electron chi connectivity index (χ3n) is 7.75. The summed E-state index contributed by atoms with van der Waals surface area (Å²) >= 11 is 0. The highest BCUT2D eigenvalue weighted by Gasteiger charge is 2.40. The summed E-state index contributed by atoms with van der Waals surface area (Å²) in [6.45, 7) is 2.40. The maximum atomic E-state index is 14.7. The minimum Gasteiger partial charge on any atom is -0.507 e. The third-order valence-corrected chi connectivity index (χ3v) is 7.75. The van der Waals surface area contributed by atoms with E-state index < -0.39 is 107 Å². The Hall–Kier alpha value is -5.05. The highest BCUT2D eigenvalue weighted by molar-refractivity contribution is 6.00. The molecule has 0 radical (unpaired) electrons. The van der Waals surface area contributed by atoms with Gasteiger partial charge in [0.05, 0.1) is 29.7 Å². The van der Waals surface area contributed by atoms with Crippen LogP contribution in [-0.2, 0) is 32.0 Å². The fourth-order valence-electron chi connectivity index (χ4n) is 5.03. The maximum absolute atomic E-state index is 14.7. The van der Waals surface area contributed by atoms with Crippen LogP contribution in [-0.4, -0.2) is 64.2 Å². The summed E-state index contributed by atoms with van der Waals surface area (Å²) in [4.78, 5) is 53.4. The molecular formula is C32H30F5N3O7. The lowest BCUT2D eigenvalue weighted by Crippen LogP contribution is -2.62. The summed E-state index contributed by atoms with van der Waals surface area (Å²) < 4.78 is 76.7. The fourth-order valence-corrected chi connectivity index (χ4v) is 5.03. The molecule has 0 aromatic heterocycles. The van der Waals surface area contributed by atoms with Crippen LogP contribution in [0.1, 0.15) is 35.3 Å². The van der Waals surface area contributed by atoms with E-state index in [0.717, 1.165) is 6.92 Å². The van der Waals surface area contributed by atoms with Crippen LogP contribution in [0.25, 0.3) is 0 Å². The molecule has 0 bridgehead atoms. The molecule has 5 N–H and O–H groups in total. The molecule has 15 heteroatoms. The zero-order valence-electron chi connectivity index (χ0n) is 24.9. The summed E-state index contributed by atoms with van der Waals surface area (Å²) in [5.74, 6) is -17.7. The van der Waals surface area contributed by atoms with Gasteiger partial charge in [-0.3, -0.25) is 19.2 Å². The Morgan fingerprint density at radius 3 is 2.00 bits per heavy atom. The number of hydrogen-bond donors (Lipinski definition) is 5. The Bertz CT molecular complexity index is 1650. The lowest BCUT2D eigenvalue weighted by atomic mass is 9.91. The Labute approximate surface area is 264 Å². The highest BCUT2D eigenvalue weighted by Crippen LogP contribution is 2.26. The van der Waals surface area contributed by atoms with Crippen LogP contribution >= 0.6 is 0 Å². The van der Waals surface area contributed by atoms with Gasteiger partial charge >= 0.3 is 5.97 Å². The van der Waals surface area contributed by atoms with E-state index in [1.807, 2.05) is 0 Å². The van der Waals surface area contributed by atoms with Crippen molar-refractivity contribution in [2.24, 2.45) is 5.92 Å². The van der Waals surface area contributed by atoms with E-state index in [0.29, 0.717) is 5.56 Å². The van der Waals surface area contributed by atoms with Gasteiger partial charge in [-0.25, -0.2) is 22.0 Å². The molecule has 4 rings (SSSR count). The predicted octanol–water partition coefficient (Wildman–Crippen LogP) is 2.58. The molecule has 0 spiro atoms. The Kier molecular flexibility index (Phi) is 10.8. The number of carbonyl (C=O) groups excluding carboxylic acids is 4. The molecule has 6 atom stereocenters. The summed E-state index contributed by atoms with van der Waals surface area (Å²) in [5, 5.41) is 28.4. The van der Waals surface area contributed by atoms with Gasteiger partial charge in [-0.2, -0.15) is 0 Å². The second-order valence-corrected chi connectivity index (χ2v) is 11.0. The van der Waals surface area contributed by atoms with Crippen LogP contribution in [0.3, 0.4) is 0 Å². The van der Waals surface area contributed by atoms with Crippen molar-refractivity contribution in [3.05, 3.63) is 100 Å². The normalized spacial score (nSPS) is 23.9. The molecule has 1 unspecified atom stereocenters. The number of hydrogen-bond acceptors (Lipinski definition) is 7. The summed E-state index contributed by atoms with van der Waals surface area (Å²) in [6, 6.07) is 8.66. The zero-order valence-corrected chi connectivity index (χ0v) is 24.9. The van der Waals surface area contributed by atoms with Crippen molar-refractivity contribution < 1.29 is 56.1 Å². The molecule has 1 aliphatic heterocycles. The van der Waals surface area contributed by atoms with Crippen LogP contribution in [0.5, 0.6) is 5.75 Å². The van der Waals surface area contributed by atoms with Crippen molar-refractivity contribution in [2.75, 3.05) is 0 Å². The second-order valence-electron chi connectivity index (χ2n) is 11.0. The van der Waals surface area contributed by atoms with E-state index in [1.165, 1.54) is 31.2 Å². The number of rotatable bonds is 6. The number of phenols is 1. The summed E-state index contributed by atoms with van der Waals surface area (Å²) in [7, 11) is 0. The van der Waals surface area contributed by atoms with Crippen molar-refractivity contribution in [1.82, 2.24) is 16.0 Å². The average molecular weight is 664 g/mol. The minimum atomic E-state index is -2.43.